The van der Waals surface area contributed by atoms with Crippen LogP contribution in [0.3, 0.4) is 0 Å². The van der Waals surface area contributed by atoms with Crippen molar-refractivity contribution < 1.29 is 0 Å². The van der Waals surface area contributed by atoms with Gasteiger partial charge in [-0.05, 0) is 67.4 Å². The molecule has 2 aromatic heterocycles. The number of fused-ring (bicyclic) bond motifs is 5. The minimum absolute atomic E-state index is 0.112. The first-order valence-corrected chi connectivity index (χ1v) is 16.6. The Labute approximate surface area is 285 Å². The SMILES string of the molecule is CC1(C)c2ccc(-c3nc(-c4ccc(-c5ccccc5)cc4)nc(-c4ccc(-c5cccnc5)cc4)n3)cc2-c2c1ccc1ccccc21. The third kappa shape index (κ3) is 5.01. The first kappa shape index (κ1) is 28.9. The molecule has 0 atom stereocenters. The van der Waals surface area contributed by atoms with Gasteiger partial charge in [0.05, 0.1) is 0 Å². The molecule has 0 N–H and O–H groups in total. The van der Waals surface area contributed by atoms with Gasteiger partial charge in [-0.3, -0.25) is 4.98 Å². The van der Waals surface area contributed by atoms with Crippen molar-refractivity contribution in [2.75, 3.05) is 0 Å². The van der Waals surface area contributed by atoms with Crippen LogP contribution in [0.5, 0.6) is 0 Å². The van der Waals surface area contributed by atoms with E-state index >= 15 is 0 Å². The summed E-state index contributed by atoms with van der Waals surface area (Å²) < 4.78 is 0. The highest BCUT2D eigenvalue weighted by Gasteiger charge is 2.36. The minimum atomic E-state index is -0.112. The zero-order valence-corrected chi connectivity index (χ0v) is 27.3. The molecular formula is C45H32N4. The van der Waals surface area contributed by atoms with Crippen LogP contribution in [-0.2, 0) is 5.41 Å². The van der Waals surface area contributed by atoms with E-state index in [1.54, 1.807) is 6.20 Å². The van der Waals surface area contributed by atoms with Crippen LogP contribution in [-0.4, -0.2) is 19.9 Å². The fourth-order valence-electron chi connectivity index (χ4n) is 7.21. The standard InChI is InChI=1S/C45H32N4/c1-45(2)39-24-23-35(27-38(39)41-37-13-7-6-11-32(37)22-25-40(41)45)44-48-42(33-18-14-30(15-19-33)29-9-4-3-5-10-29)47-43(49-44)34-20-16-31(17-21-34)36-12-8-26-46-28-36/h3-28H,1-2H3. The second kappa shape index (κ2) is 11.5. The second-order valence-electron chi connectivity index (χ2n) is 13.2. The highest BCUT2D eigenvalue weighted by molar-refractivity contribution is 6.03. The van der Waals surface area contributed by atoms with Gasteiger partial charge >= 0.3 is 0 Å². The average molecular weight is 629 g/mol. The summed E-state index contributed by atoms with van der Waals surface area (Å²) in [6.07, 6.45) is 3.67. The maximum absolute atomic E-state index is 5.12. The van der Waals surface area contributed by atoms with Crippen molar-refractivity contribution in [3.8, 4) is 67.5 Å². The van der Waals surface area contributed by atoms with Crippen LogP contribution in [0.1, 0.15) is 25.0 Å². The summed E-state index contributed by atoms with van der Waals surface area (Å²) in [6, 6.07) is 51.2. The Kier molecular flexibility index (Phi) is 6.77. The number of aromatic nitrogens is 4. The highest BCUT2D eigenvalue weighted by Crippen LogP contribution is 2.52. The van der Waals surface area contributed by atoms with E-state index in [0.29, 0.717) is 17.5 Å². The Balaban J connectivity index is 1.19. The van der Waals surface area contributed by atoms with E-state index in [-0.39, 0.29) is 5.41 Å². The molecule has 4 nitrogen and oxygen atoms in total. The van der Waals surface area contributed by atoms with Crippen LogP contribution in [0, 0.1) is 0 Å². The first-order valence-electron chi connectivity index (χ1n) is 16.6. The van der Waals surface area contributed by atoms with Crippen molar-refractivity contribution in [2.45, 2.75) is 19.3 Å². The molecule has 0 aliphatic heterocycles. The fourth-order valence-corrected chi connectivity index (χ4v) is 7.21. The molecule has 0 fully saturated rings. The van der Waals surface area contributed by atoms with Crippen molar-refractivity contribution in [1.82, 2.24) is 19.9 Å². The van der Waals surface area contributed by atoms with E-state index in [4.69, 9.17) is 15.0 Å². The van der Waals surface area contributed by atoms with Gasteiger partial charge in [0.25, 0.3) is 0 Å². The predicted octanol–water partition coefficient (Wildman–Crippen LogP) is 11.1. The summed E-state index contributed by atoms with van der Waals surface area (Å²) in [6.45, 7) is 4.64. The Morgan fingerprint density at radius 1 is 0.429 bits per heavy atom. The smallest absolute Gasteiger partial charge is 0.164 e. The third-order valence-corrected chi connectivity index (χ3v) is 9.85. The number of pyridine rings is 1. The molecule has 0 amide bonds. The fraction of sp³-hybridized carbons (Fsp3) is 0.0667. The highest BCUT2D eigenvalue weighted by atomic mass is 15.0. The molecule has 0 bridgehead atoms. The van der Waals surface area contributed by atoms with Gasteiger partial charge in [-0.2, -0.15) is 0 Å². The van der Waals surface area contributed by atoms with Crippen molar-refractivity contribution in [3.05, 3.63) is 169 Å². The van der Waals surface area contributed by atoms with Crippen LogP contribution >= 0.6 is 0 Å². The molecule has 8 aromatic rings. The molecule has 2 heterocycles. The summed E-state index contributed by atoms with van der Waals surface area (Å²) in [5.41, 5.74) is 12.4. The Morgan fingerprint density at radius 2 is 0.959 bits per heavy atom. The zero-order chi connectivity index (χ0) is 33.0. The Bertz CT molecular complexity index is 2380. The molecule has 6 aromatic carbocycles. The lowest BCUT2D eigenvalue weighted by Gasteiger charge is -2.21. The molecule has 9 rings (SSSR count). The third-order valence-electron chi connectivity index (χ3n) is 9.85. The van der Waals surface area contributed by atoms with Crippen molar-refractivity contribution >= 4 is 10.8 Å². The molecule has 0 saturated carbocycles. The van der Waals surface area contributed by atoms with Gasteiger partial charge in [0, 0.05) is 34.5 Å². The minimum Gasteiger partial charge on any atom is -0.264 e. The maximum atomic E-state index is 5.12. The van der Waals surface area contributed by atoms with Gasteiger partial charge in [0.1, 0.15) is 0 Å². The zero-order valence-electron chi connectivity index (χ0n) is 27.3. The normalized spacial score (nSPS) is 12.9. The van der Waals surface area contributed by atoms with E-state index in [2.05, 4.69) is 152 Å². The van der Waals surface area contributed by atoms with E-state index in [0.717, 1.165) is 33.4 Å². The molecule has 4 heteroatoms. The molecule has 0 saturated heterocycles. The van der Waals surface area contributed by atoms with Crippen molar-refractivity contribution in [2.24, 2.45) is 0 Å². The summed E-state index contributed by atoms with van der Waals surface area (Å²) in [7, 11) is 0. The van der Waals surface area contributed by atoms with E-state index in [1.807, 2.05) is 18.3 Å². The lowest BCUT2D eigenvalue weighted by Crippen LogP contribution is -2.14. The number of benzene rings is 6. The Hall–Kier alpha value is -6.26. The summed E-state index contributed by atoms with van der Waals surface area (Å²) in [5, 5.41) is 2.52. The van der Waals surface area contributed by atoms with Crippen molar-refractivity contribution in [3.63, 3.8) is 0 Å². The van der Waals surface area contributed by atoms with Crippen LogP contribution in [0.15, 0.2) is 158 Å². The van der Waals surface area contributed by atoms with Crippen LogP contribution < -0.4 is 0 Å². The summed E-state index contributed by atoms with van der Waals surface area (Å²) in [5.74, 6) is 1.93. The van der Waals surface area contributed by atoms with Gasteiger partial charge in [-0.25, -0.2) is 15.0 Å². The molecule has 0 radical (unpaired) electrons. The molecule has 1 aliphatic rings. The lowest BCUT2D eigenvalue weighted by molar-refractivity contribution is 0.661. The Morgan fingerprint density at radius 3 is 1.63 bits per heavy atom. The first-order chi connectivity index (χ1) is 24.0. The lowest BCUT2D eigenvalue weighted by atomic mass is 9.82. The number of hydrogen-bond donors (Lipinski definition) is 0. The van der Waals surface area contributed by atoms with E-state index in [1.165, 1.54) is 38.6 Å². The van der Waals surface area contributed by atoms with Gasteiger partial charge in [-0.15, -0.1) is 0 Å². The van der Waals surface area contributed by atoms with E-state index < -0.39 is 0 Å². The molecule has 0 unspecified atom stereocenters. The van der Waals surface area contributed by atoms with Crippen LogP contribution in [0.25, 0.3) is 78.3 Å². The molecular weight excluding hydrogens is 597 g/mol. The van der Waals surface area contributed by atoms with Gasteiger partial charge in [0.15, 0.2) is 17.5 Å². The van der Waals surface area contributed by atoms with Gasteiger partial charge in [0.2, 0.25) is 0 Å². The van der Waals surface area contributed by atoms with Gasteiger partial charge < -0.3 is 0 Å². The number of nitrogens with zero attached hydrogens (tertiary/aromatic N) is 4. The van der Waals surface area contributed by atoms with Gasteiger partial charge in [-0.1, -0.05) is 147 Å². The second-order valence-corrected chi connectivity index (χ2v) is 13.2. The maximum Gasteiger partial charge on any atom is 0.164 e. The average Bonchev–Trinajstić information content (AvgIpc) is 3.41. The summed E-state index contributed by atoms with van der Waals surface area (Å²) in [4.78, 5) is 19.6. The number of hydrogen-bond acceptors (Lipinski definition) is 4. The summed E-state index contributed by atoms with van der Waals surface area (Å²) >= 11 is 0. The topological polar surface area (TPSA) is 51.6 Å². The van der Waals surface area contributed by atoms with Crippen LogP contribution in [0.4, 0.5) is 0 Å². The van der Waals surface area contributed by atoms with E-state index in [9.17, 15) is 0 Å². The van der Waals surface area contributed by atoms with Crippen LogP contribution in [0.2, 0.25) is 0 Å². The largest absolute Gasteiger partial charge is 0.264 e. The molecule has 0 spiro atoms. The molecule has 232 valence electrons. The number of rotatable bonds is 5. The monoisotopic (exact) mass is 628 g/mol. The quantitative estimate of drug-likeness (QED) is 0.190. The predicted molar refractivity (Wildman–Crippen MR) is 200 cm³/mol. The molecule has 1 aliphatic carbocycles. The van der Waals surface area contributed by atoms with Crippen molar-refractivity contribution in [1.29, 1.82) is 0 Å². The molecule has 49 heavy (non-hydrogen) atoms.